The summed E-state index contributed by atoms with van der Waals surface area (Å²) >= 11 is 0. The van der Waals surface area contributed by atoms with Crippen LogP contribution in [0.25, 0.3) is 0 Å². The predicted molar refractivity (Wildman–Crippen MR) is 108 cm³/mol. The zero-order valence-corrected chi connectivity index (χ0v) is 17.6. The number of hydrogen-bond acceptors (Lipinski definition) is 6. The molecule has 2 aliphatic heterocycles. The van der Waals surface area contributed by atoms with Gasteiger partial charge in [0.25, 0.3) is 0 Å². The molecule has 156 valence electrons. The molecule has 0 unspecified atom stereocenters. The van der Waals surface area contributed by atoms with E-state index in [1.54, 1.807) is 37.3 Å². The molecule has 1 N–H and O–H groups in total. The molecular weight excluding hydrogens is 416 g/mol. The van der Waals surface area contributed by atoms with Gasteiger partial charge in [0.15, 0.2) is 11.5 Å². The number of benzene rings is 2. The summed E-state index contributed by atoms with van der Waals surface area (Å²) in [5.41, 5.74) is 1.73. The Morgan fingerprint density at radius 2 is 1.86 bits per heavy atom. The second-order valence-corrected chi connectivity index (χ2v) is 10.8. The van der Waals surface area contributed by atoms with Crippen molar-refractivity contribution in [1.29, 1.82) is 0 Å². The Balaban J connectivity index is 1.52. The summed E-state index contributed by atoms with van der Waals surface area (Å²) < 4.78 is 64.6. The van der Waals surface area contributed by atoms with E-state index < -0.39 is 20.0 Å². The molecular formula is C19H22N2O6S2. The minimum atomic E-state index is -3.77. The lowest BCUT2D eigenvalue weighted by Gasteiger charge is -2.28. The van der Waals surface area contributed by atoms with E-state index in [0.29, 0.717) is 35.7 Å². The molecule has 4 rings (SSSR count). The zero-order chi connectivity index (χ0) is 20.6. The van der Waals surface area contributed by atoms with Gasteiger partial charge in [0.1, 0.15) is 0 Å². The summed E-state index contributed by atoms with van der Waals surface area (Å²) in [5, 5.41) is 0. The van der Waals surface area contributed by atoms with Crippen LogP contribution in [0.15, 0.2) is 41.3 Å². The molecule has 0 aliphatic carbocycles. The number of fused-ring (bicyclic) bond motifs is 1. The predicted octanol–water partition coefficient (Wildman–Crippen LogP) is 2.13. The molecule has 0 saturated carbocycles. The van der Waals surface area contributed by atoms with Gasteiger partial charge in [-0.3, -0.25) is 4.31 Å². The van der Waals surface area contributed by atoms with Gasteiger partial charge in [-0.1, -0.05) is 6.07 Å². The highest BCUT2D eigenvalue weighted by atomic mass is 32.2. The molecule has 0 atom stereocenters. The van der Waals surface area contributed by atoms with E-state index in [-0.39, 0.29) is 24.0 Å². The first-order valence-corrected chi connectivity index (χ1v) is 12.3. The van der Waals surface area contributed by atoms with Crippen molar-refractivity contribution in [3.63, 3.8) is 0 Å². The number of rotatable bonds is 5. The quantitative estimate of drug-likeness (QED) is 0.767. The summed E-state index contributed by atoms with van der Waals surface area (Å²) in [6.45, 7) is 2.33. The van der Waals surface area contributed by atoms with Gasteiger partial charge < -0.3 is 9.47 Å². The minimum Gasteiger partial charge on any atom is -0.454 e. The van der Waals surface area contributed by atoms with Crippen LogP contribution in [0.3, 0.4) is 0 Å². The molecule has 0 aromatic heterocycles. The molecule has 2 aromatic rings. The lowest BCUT2D eigenvalue weighted by atomic mass is 10.2. The summed E-state index contributed by atoms with van der Waals surface area (Å²) in [6.07, 6.45) is 1.43. The van der Waals surface area contributed by atoms with E-state index in [4.69, 9.17) is 9.47 Å². The fourth-order valence-electron chi connectivity index (χ4n) is 3.48. The molecule has 0 bridgehead atoms. The number of nitrogens with one attached hydrogen (secondary N) is 1. The fourth-order valence-corrected chi connectivity index (χ4v) is 6.35. The van der Waals surface area contributed by atoms with Crippen LogP contribution in [0.5, 0.6) is 11.5 Å². The monoisotopic (exact) mass is 438 g/mol. The summed E-state index contributed by atoms with van der Waals surface area (Å²) in [4.78, 5) is 0.122. The lowest BCUT2D eigenvalue weighted by Crippen LogP contribution is -2.37. The van der Waals surface area contributed by atoms with Crippen molar-refractivity contribution in [2.75, 3.05) is 23.4 Å². The maximum absolute atomic E-state index is 12.8. The van der Waals surface area contributed by atoms with Gasteiger partial charge in [-0.2, -0.15) is 0 Å². The van der Waals surface area contributed by atoms with Crippen molar-refractivity contribution in [3.8, 4) is 11.5 Å². The van der Waals surface area contributed by atoms with Gasteiger partial charge in [0.2, 0.25) is 26.8 Å². The van der Waals surface area contributed by atoms with Crippen LogP contribution in [0.4, 0.5) is 5.69 Å². The standard InChI is InChI=1S/C19H22N2O6S2/c1-14-10-16(21-8-2-3-9-28(21,22)23)5-7-19(14)29(24,25)20-12-15-4-6-17-18(11-15)27-13-26-17/h4-7,10-11,20H,2-3,8-9,12-13H2,1H3. The highest BCUT2D eigenvalue weighted by Crippen LogP contribution is 2.32. The van der Waals surface area contributed by atoms with Crippen LogP contribution in [0.2, 0.25) is 0 Å². The molecule has 8 nitrogen and oxygen atoms in total. The third-order valence-electron chi connectivity index (χ3n) is 4.99. The largest absolute Gasteiger partial charge is 0.454 e. The van der Waals surface area contributed by atoms with E-state index >= 15 is 0 Å². The Morgan fingerprint density at radius 3 is 2.62 bits per heavy atom. The van der Waals surface area contributed by atoms with Crippen molar-refractivity contribution in [2.24, 2.45) is 0 Å². The highest BCUT2D eigenvalue weighted by molar-refractivity contribution is 7.92. The Morgan fingerprint density at radius 1 is 1.07 bits per heavy atom. The molecule has 10 heteroatoms. The van der Waals surface area contributed by atoms with E-state index in [1.165, 1.54) is 10.4 Å². The Kier molecular flexibility index (Phi) is 5.18. The van der Waals surface area contributed by atoms with Gasteiger partial charge in [0.05, 0.1) is 16.3 Å². The normalized spacial score (nSPS) is 18.0. The van der Waals surface area contributed by atoms with Crippen LogP contribution < -0.4 is 18.5 Å². The maximum Gasteiger partial charge on any atom is 0.241 e. The zero-order valence-electron chi connectivity index (χ0n) is 15.9. The van der Waals surface area contributed by atoms with Gasteiger partial charge in [-0.05, 0) is 61.2 Å². The molecule has 2 aromatic carbocycles. The Labute approximate surface area is 170 Å². The topological polar surface area (TPSA) is 102 Å². The van der Waals surface area contributed by atoms with Crippen molar-refractivity contribution in [3.05, 3.63) is 47.5 Å². The molecule has 0 amide bonds. The average Bonchev–Trinajstić information content (AvgIpc) is 3.13. The maximum atomic E-state index is 12.8. The molecule has 0 spiro atoms. The third-order valence-corrected chi connectivity index (χ3v) is 8.42. The van der Waals surface area contributed by atoms with Crippen molar-refractivity contribution in [1.82, 2.24) is 4.72 Å². The molecule has 29 heavy (non-hydrogen) atoms. The van der Waals surface area contributed by atoms with Crippen LogP contribution in [-0.4, -0.2) is 35.9 Å². The first-order valence-electron chi connectivity index (χ1n) is 9.25. The molecule has 0 radical (unpaired) electrons. The number of sulfonamides is 2. The van der Waals surface area contributed by atoms with Gasteiger partial charge in [-0.25, -0.2) is 21.6 Å². The first-order chi connectivity index (χ1) is 13.8. The number of hydrogen-bond donors (Lipinski definition) is 1. The second kappa shape index (κ2) is 7.51. The first kappa shape index (κ1) is 20.0. The van der Waals surface area contributed by atoms with Crippen molar-refractivity contribution < 1.29 is 26.3 Å². The third kappa shape index (κ3) is 4.05. The van der Waals surface area contributed by atoms with Crippen molar-refractivity contribution >= 4 is 25.7 Å². The van der Waals surface area contributed by atoms with E-state index in [9.17, 15) is 16.8 Å². The van der Waals surface area contributed by atoms with Gasteiger partial charge in [0, 0.05) is 13.1 Å². The SMILES string of the molecule is Cc1cc(N2CCCCS2(=O)=O)ccc1S(=O)(=O)NCc1ccc2c(c1)OCO2. The molecule has 2 aliphatic rings. The Hall–Kier alpha value is -2.30. The lowest BCUT2D eigenvalue weighted by molar-refractivity contribution is 0.174. The van der Waals surface area contributed by atoms with E-state index in [0.717, 1.165) is 12.0 Å². The fraction of sp³-hybridized carbons (Fsp3) is 0.368. The Bertz CT molecular complexity index is 1150. The minimum absolute atomic E-state index is 0.0979. The van der Waals surface area contributed by atoms with Gasteiger partial charge >= 0.3 is 0 Å². The molecule has 2 heterocycles. The van der Waals surface area contributed by atoms with Gasteiger partial charge in [-0.15, -0.1) is 0 Å². The number of anilines is 1. The summed E-state index contributed by atoms with van der Waals surface area (Å²) in [7, 11) is -7.12. The second-order valence-electron chi connectivity index (χ2n) is 7.06. The van der Waals surface area contributed by atoms with Crippen LogP contribution in [0.1, 0.15) is 24.0 Å². The van der Waals surface area contributed by atoms with Crippen molar-refractivity contribution in [2.45, 2.75) is 31.2 Å². The molecule has 1 saturated heterocycles. The summed E-state index contributed by atoms with van der Waals surface area (Å²) in [6, 6.07) is 9.86. The summed E-state index contributed by atoms with van der Waals surface area (Å²) in [5.74, 6) is 1.34. The average molecular weight is 439 g/mol. The van der Waals surface area contributed by atoms with E-state index in [2.05, 4.69) is 4.72 Å². The highest BCUT2D eigenvalue weighted by Gasteiger charge is 2.27. The number of ether oxygens (including phenoxy) is 2. The van der Waals surface area contributed by atoms with Crippen LogP contribution in [0, 0.1) is 6.92 Å². The van der Waals surface area contributed by atoms with Crippen LogP contribution in [-0.2, 0) is 26.6 Å². The number of aryl methyl sites for hydroxylation is 1. The smallest absolute Gasteiger partial charge is 0.241 e. The molecule has 1 fully saturated rings. The van der Waals surface area contributed by atoms with Crippen LogP contribution >= 0.6 is 0 Å². The van der Waals surface area contributed by atoms with E-state index in [1.807, 2.05) is 0 Å². The number of nitrogens with zero attached hydrogens (tertiary/aromatic N) is 1.